The van der Waals surface area contributed by atoms with Gasteiger partial charge < -0.3 is 9.80 Å². The number of pyridine rings is 1. The Morgan fingerprint density at radius 3 is 2.65 bits per heavy atom. The third-order valence-corrected chi connectivity index (χ3v) is 8.68. The van der Waals surface area contributed by atoms with E-state index >= 15 is 0 Å². The number of hydrogen-bond donors (Lipinski definition) is 0. The molecule has 6 rings (SSSR count). The number of rotatable bonds is 7. The largest absolute Gasteiger partial charge is 0.366 e. The normalized spacial score (nSPS) is 13.6. The Morgan fingerprint density at radius 2 is 1.88 bits per heavy atom. The summed E-state index contributed by atoms with van der Waals surface area (Å²) >= 11 is 9.21. The summed E-state index contributed by atoms with van der Waals surface area (Å²) in [5.41, 5.74) is 2.66. The molecule has 4 heterocycles. The number of amides is 1. The molecule has 5 aromatic rings. The number of aromatic nitrogens is 5. The summed E-state index contributed by atoms with van der Waals surface area (Å²) in [4.78, 5) is 25.7. The van der Waals surface area contributed by atoms with Crippen molar-refractivity contribution < 1.29 is 9.18 Å². The van der Waals surface area contributed by atoms with Crippen molar-refractivity contribution >= 4 is 46.3 Å². The van der Waals surface area contributed by atoms with Crippen LogP contribution in [0, 0.1) is 5.82 Å². The number of benzene rings is 2. The number of para-hydroxylation sites is 1. The Kier molecular flexibility index (Phi) is 7.76. The molecule has 1 saturated heterocycles. The van der Waals surface area contributed by atoms with Crippen molar-refractivity contribution in [1.82, 2.24) is 29.6 Å². The van der Waals surface area contributed by atoms with Gasteiger partial charge in [0.1, 0.15) is 16.5 Å². The van der Waals surface area contributed by atoms with Gasteiger partial charge in [0, 0.05) is 54.5 Å². The van der Waals surface area contributed by atoms with Gasteiger partial charge in [-0.25, -0.2) is 9.37 Å². The zero-order valence-corrected chi connectivity index (χ0v) is 23.5. The lowest BCUT2D eigenvalue weighted by molar-refractivity contribution is 0.0741. The average Bonchev–Trinajstić information content (AvgIpc) is 3.64. The van der Waals surface area contributed by atoms with Gasteiger partial charge in [0.15, 0.2) is 11.0 Å². The molecule has 8 nitrogen and oxygen atoms in total. The molecule has 1 amide bonds. The second-order valence-corrected chi connectivity index (χ2v) is 11.3. The van der Waals surface area contributed by atoms with Crippen molar-refractivity contribution in [1.29, 1.82) is 0 Å². The zero-order valence-electron chi connectivity index (χ0n) is 21.2. The van der Waals surface area contributed by atoms with Crippen LogP contribution in [0.4, 0.5) is 10.1 Å². The molecule has 0 atom stereocenters. The smallest absolute Gasteiger partial charge is 0.273 e. The first-order valence-corrected chi connectivity index (χ1v) is 14.8. The number of anilines is 1. The lowest BCUT2D eigenvalue weighted by Crippen LogP contribution is -2.49. The van der Waals surface area contributed by atoms with E-state index in [9.17, 15) is 9.18 Å². The van der Waals surface area contributed by atoms with E-state index < -0.39 is 0 Å². The molecule has 1 aliphatic rings. The van der Waals surface area contributed by atoms with E-state index in [2.05, 4.69) is 20.2 Å². The molecule has 0 radical (unpaired) electrons. The van der Waals surface area contributed by atoms with E-state index in [4.69, 9.17) is 11.6 Å². The maximum atomic E-state index is 14.2. The topological polar surface area (TPSA) is 80.0 Å². The molecule has 0 spiro atoms. The van der Waals surface area contributed by atoms with Crippen LogP contribution in [-0.2, 0) is 5.75 Å². The molecule has 40 heavy (non-hydrogen) atoms. The summed E-state index contributed by atoms with van der Waals surface area (Å²) < 4.78 is 16.1. The molecule has 0 N–H and O–H groups in total. The van der Waals surface area contributed by atoms with E-state index in [1.807, 2.05) is 51.9 Å². The highest BCUT2D eigenvalue weighted by Gasteiger charge is 2.25. The van der Waals surface area contributed by atoms with Crippen LogP contribution in [0.5, 0.6) is 0 Å². The molecular formula is C28H23ClFN7OS2. The SMILES string of the molecule is O=C(c1csc(CSc2nnc(-c3cccnc3)n2-c2cccc(Cl)c2)n1)N1CCN(c2ccccc2F)CC1. The van der Waals surface area contributed by atoms with Crippen LogP contribution in [0.25, 0.3) is 17.1 Å². The van der Waals surface area contributed by atoms with Crippen LogP contribution >= 0.6 is 34.7 Å². The van der Waals surface area contributed by atoms with Gasteiger partial charge in [0.2, 0.25) is 0 Å². The van der Waals surface area contributed by atoms with Gasteiger partial charge in [0.05, 0.1) is 17.1 Å². The first-order chi connectivity index (χ1) is 19.6. The fraction of sp³-hybridized carbons (Fsp3) is 0.179. The van der Waals surface area contributed by atoms with Crippen LogP contribution < -0.4 is 4.90 Å². The number of thiazole rings is 1. The summed E-state index contributed by atoms with van der Waals surface area (Å²) in [5, 5.41) is 12.8. The van der Waals surface area contributed by atoms with Crippen molar-refractivity contribution in [3.63, 3.8) is 0 Å². The van der Waals surface area contributed by atoms with Crippen LogP contribution in [0.15, 0.2) is 83.6 Å². The predicted octanol–water partition coefficient (Wildman–Crippen LogP) is 5.83. The Balaban J connectivity index is 1.14. The summed E-state index contributed by atoms with van der Waals surface area (Å²) in [7, 11) is 0. The quantitative estimate of drug-likeness (QED) is 0.220. The molecule has 0 unspecified atom stereocenters. The van der Waals surface area contributed by atoms with E-state index in [-0.39, 0.29) is 11.7 Å². The first kappa shape index (κ1) is 26.4. The molecular weight excluding hydrogens is 569 g/mol. The van der Waals surface area contributed by atoms with Crippen molar-refractivity contribution in [2.75, 3.05) is 31.1 Å². The highest BCUT2D eigenvalue weighted by atomic mass is 35.5. The lowest BCUT2D eigenvalue weighted by Gasteiger charge is -2.35. The highest BCUT2D eigenvalue weighted by Crippen LogP contribution is 2.31. The molecule has 0 aliphatic carbocycles. The third kappa shape index (κ3) is 5.58. The Labute approximate surface area is 243 Å². The highest BCUT2D eigenvalue weighted by molar-refractivity contribution is 7.98. The summed E-state index contributed by atoms with van der Waals surface area (Å²) in [5.74, 6) is 0.816. The van der Waals surface area contributed by atoms with Crippen molar-refractivity contribution in [3.05, 3.63) is 100.0 Å². The van der Waals surface area contributed by atoms with Gasteiger partial charge in [0.25, 0.3) is 5.91 Å². The maximum absolute atomic E-state index is 14.2. The molecule has 0 saturated carbocycles. The number of carbonyl (C=O) groups excluding carboxylic acids is 1. The van der Waals surface area contributed by atoms with Gasteiger partial charge in [-0.05, 0) is 42.5 Å². The minimum atomic E-state index is -0.248. The van der Waals surface area contributed by atoms with Crippen molar-refractivity contribution in [2.45, 2.75) is 10.9 Å². The van der Waals surface area contributed by atoms with E-state index in [0.717, 1.165) is 16.3 Å². The minimum Gasteiger partial charge on any atom is -0.366 e. The number of carbonyl (C=O) groups is 1. The van der Waals surface area contributed by atoms with Gasteiger partial charge in [-0.15, -0.1) is 21.5 Å². The van der Waals surface area contributed by atoms with Gasteiger partial charge in [-0.1, -0.05) is 41.6 Å². The Morgan fingerprint density at radius 1 is 1.02 bits per heavy atom. The molecule has 3 aromatic heterocycles. The summed E-state index contributed by atoms with van der Waals surface area (Å²) in [6, 6.07) is 18.0. The summed E-state index contributed by atoms with van der Waals surface area (Å²) in [6.45, 7) is 2.15. The fourth-order valence-corrected chi connectivity index (χ4v) is 6.44. The standard InChI is InChI=1S/C28H23ClFN7OS2/c29-20-6-3-7-21(15-20)37-26(19-5-4-10-31-16-19)33-34-28(37)40-18-25-32-23(17-39-25)27(38)36-13-11-35(12-14-36)24-9-2-1-8-22(24)30/h1-10,15-17H,11-14,18H2. The van der Waals surface area contributed by atoms with Crippen LogP contribution in [0.2, 0.25) is 5.02 Å². The van der Waals surface area contributed by atoms with Crippen LogP contribution in [-0.4, -0.2) is 61.7 Å². The first-order valence-electron chi connectivity index (χ1n) is 12.5. The Bertz CT molecular complexity index is 1640. The zero-order chi connectivity index (χ0) is 27.5. The van der Waals surface area contributed by atoms with Gasteiger partial charge in [-0.3, -0.25) is 14.3 Å². The molecule has 12 heteroatoms. The van der Waals surface area contributed by atoms with Crippen molar-refractivity contribution in [3.8, 4) is 17.1 Å². The van der Waals surface area contributed by atoms with Crippen molar-refractivity contribution in [2.24, 2.45) is 0 Å². The number of hydrogen-bond acceptors (Lipinski definition) is 8. The van der Waals surface area contributed by atoms with E-state index in [1.54, 1.807) is 34.8 Å². The number of thioether (sulfide) groups is 1. The molecule has 1 fully saturated rings. The average molecular weight is 592 g/mol. The number of nitrogens with zero attached hydrogens (tertiary/aromatic N) is 7. The van der Waals surface area contributed by atoms with Crippen LogP contribution in [0.1, 0.15) is 15.5 Å². The van der Waals surface area contributed by atoms with Crippen LogP contribution in [0.3, 0.4) is 0 Å². The molecule has 202 valence electrons. The summed E-state index contributed by atoms with van der Waals surface area (Å²) in [6.07, 6.45) is 3.46. The maximum Gasteiger partial charge on any atom is 0.273 e. The Hall–Kier alpha value is -3.80. The second-order valence-electron chi connectivity index (χ2n) is 9.01. The van der Waals surface area contributed by atoms with E-state index in [1.165, 1.54) is 29.2 Å². The molecule has 2 aromatic carbocycles. The van der Waals surface area contributed by atoms with Gasteiger partial charge in [-0.2, -0.15) is 0 Å². The monoisotopic (exact) mass is 591 g/mol. The number of halogens is 2. The number of piperazine rings is 1. The lowest BCUT2D eigenvalue weighted by atomic mass is 10.2. The third-order valence-electron chi connectivity index (χ3n) is 6.48. The second kappa shape index (κ2) is 11.7. The van der Waals surface area contributed by atoms with E-state index in [0.29, 0.717) is 59.3 Å². The van der Waals surface area contributed by atoms with Gasteiger partial charge >= 0.3 is 0 Å². The molecule has 0 bridgehead atoms. The fourth-order valence-electron chi connectivity index (χ4n) is 4.52. The molecule has 1 aliphatic heterocycles. The minimum absolute atomic E-state index is 0.110. The predicted molar refractivity (Wildman–Crippen MR) is 156 cm³/mol.